The molecular weight excluding hydrogens is 363 g/mol. The molecule has 0 radical (unpaired) electrons. The van der Waals surface area contributed by atoms with E-state index in [1.807, 2.05) is 12.1 Å². The monoisotopic (exact) mass is 380 g/mol. The van der Waals surface area contributed by atoms with Crippen LogP contribution >= 0.6 is 0 Å². The molecule has 0 fully saturated rings. The number of nitrogens with zero attached hydrogens (tertiary/aromatic N) is 5. The zero-order valence-corrected chi connectivity index (χ0v) is 15.3. The maximum atomic E-state index is 13.8. The van der Waals surface area contributed by atoms with E-state index in [1.165, 1.54) is 17.0 Å². The molecule has 2 aromatic heterocycles. The van der Waals surface area contributed by atoms with Gasteiger partial charge in [0, 0.05) is 20.2 Å². The molecule has 28 heavy (non-hydrogen) atoms. The topological polar surface area (TPSA) is 89.1 Å². The van der Waals surface area contributed by atoms with E-state index in [-0.39, 0.29) is 5.69 Å². The molecule has 4 rings (SSSR count). The van der Waals surface area contributed by atoms with Crippen LogP contribution in [0, 0.1) is 12.7 Å². The van der Waals surface area contributed by atoms with Crippen molar-refractivity contribution in [3.63, 3.8) is 0 Å². The van der Waals surface area contributed by atoms with Gasteiger partial charge in [0.1, 0.15) is 11.5 Å². The Kier molecular flexibility index (Phi) is 4.48. The molecule has 1 aliphatic rings. The van der Waals surface area contributed by atoms with Gasteiger partial charge in [-0.15, -0.1) is 0 Å². The molecule has 1 aliphatic heterocycles. The summed E-state index contributed by atoms with van der Waals surface area (Å²) in [6.45, 7) is 2.02. The number of aromatic nitrogens is 4. The average molecular weight is 380 g/mol. The summed E-state index contributed by atoms with van der Waals surface area (Å²) >= 11 is 0. The second-order valence-corrected chi connectivity index (χ2v) is 6.25. The first-order chi connectivity index (χ1) is 13.5. The summed E-state index contributed by atoms with van der Waals surface area (Å²) in [5.74, 6) is 0.373. The fraction of sp³-hybridized carbons (Fsp3) is 0.158. The summed E-state index contributed by atoms with van der Waals surface area (Å²) in [6, 6.07) is 7.44. The van der Waals surface area contributed by atoms with Crippen molar-refractivity contribution in [1.82, 2.24) is 24.8 Å². The molecule has 3 aromatic rings. The molecule has 0 aliphatic carbocycles. The maximum absolute atomic E-state index is 13.8. The molecule has 8 nitrogen and oxygen atoms in total. The van der Waals surface area contributed by atoms with Crippen molar-refractivity contribution in [3.8, 4) is 11.5 Å². The third-order valence-corrected chi connectivity index (χ3v) is 4.25. The van der Waals surface area contributed by atoms with Crippen LogP contribution < -0.4 is 5.32 Å². The normalized spacial score (nSPS) is 13.5. The number of aryl methyl sites for hydroxylation is 2. The first-order valence-corrected chi connectivity index (χ1v) is 8.56. The highest BCUT2D eigenvalue weighted by Crippen LogP contribution is 2.24. The van der Waals surface area contributed by atoms with E-state index < -0.39 is 11.8 Å². The van der Waals surface area contributed by atoms with Gasteiger partial charge in [0.15, 0.2) is 0 Å². The number of hydrogen-bond donors (Lipinski definition) is 1. The highest BCUT2D eigenvalue weighted by molar-refractivity contribution is 5.91. The number of urea groups is 1. The minimum Gasteiger partial charge on any atom is -0.339 e. The van der Waals surface area contributed by atoms with Crippen LogP contribution in [0.15, 0.2) is 53.2 Å². The van der Waals surface area contributed by atoms with Gasteiger partial charge in [-0.05, 0) is 29.8 Å². The van der Waals surface area contributed by atoms with E-state index >= 15 is 0 Å². The van der Waals surface area contributed by atoms with Gasteiger partial charge >= 0.3 is 6.03 Å². The van der Waals surface area contributed by atoms with E-state index in [0.717, 1.165) is 11.3 Å². The summed E-state index contributed by atoms with van der Waals surface area (Å²) in [5.41, 5.74) is 2.39. The van der Waals surface area contributed by atoms with Gasteiger partial charge in [-0.25, -0.2) is 9.18 Å². The third-order valence-electron chi connectivity index (χ3n) is 4.25. The fourth-order valence-corrected chi connectivity index (χ4v) is 2.89. The molecule has 3 heterocycles. The molecule has 9 heteroatoms. The van der Waals surface area contributed by atoms with Crippen molar-refractivity contribution in [2.75, 3.05) is 11.9 Å². The lowest BCUT2D eigenvalue weighted by Crippen LogP contribution is -2.33. The predicted octanol–water partition coefficient (Wildman–Crippen LogP) is 3.36. The number of nitrogens with one attached hydrogen (secondary N) is 1. The lowest BCUT2D eigenvalue weighted by Gasteiger charge is -2.23. The summed E-state index contributed by atoms with van der Waals surface area (Å²) < 4.78 is 20.5. The van der Waals surface area contributed by atoms with Crippen LogP contribution in [0.2, 0.25) is 0 Å². The first kappa shape index (κ1) is 17.7. The Balaban J connectivity index is 1.52. The number of amides is 2. The first-order valence-electron chi connectivity index (χ1n) is 8.56. The van der Waals surface area contributed by atoms with Gasteiger partial charge in [-0.3, -0.25) is 9.58 Å². The number of benzene rings is 1. The summed E-state index contributed by atoms with van der Waals surface area (Å²) in [4.78, 5) is 18.2. The van der Waals surface area contributed by atoms with E-state index in [9.17, 15) is 9.18 Å². The Morgan fingerprint density at radius 2 is 2.14 bits per heavy atom. The fourth-order valence-electron chi connectivity index (χ4n) is 2.89. The van der Waals surface area contributed by atoms with Gasteiger partial charge < -0.3 is 9.84 Å². The van der Waals surface area contributed by atoms with Gasteiger partial charge in [-0.2, -0.15) is 10.1 Å². The van der Waals surface area contributed by atoms with Crippen molar-refractivity contribution in [3.05, 3.63) is 66.1 Å². The van der Waals surface area contributed by atoms with Gasteiger partial charge in [0.25, 0.3) is 0 Å². The quantitative estimate of drug-likeness (QED) is 0.753. The summed E-state index contributed by atoms with van der Waals surface area (Å²) in [6.07, 6.45) is 5.29. The molecule has 0 atom stereocenters. The Hall–Kier alpha value is -3.75. The molecule has 2 amide bonds. The number of anilines is 1. The molecular formula is C19H17FN6O2. The highest BCUT2D eigenvalue weighted by Gasteiger charge is 2.21. The lowest BCUT2D eigenvalue weighted by atomic mass is 10.1. The van der Waals surface area contributed by atoms with Crippen molar-refractivity contribution < 1.29 is 13.7 Å². The van der Waals surface area contributed by atoms with E-state index in [4.69, 9.17) is 4.52 Å². The minimum absolute atomic E-state index is 0.132. The van der Waals surface area contributed by atoms with Crippen LogP contribution in [0.3, 0.4) is 0 Å². The Morgan fingerprint density at radius 3 is 2.89 bits per heavy atom. The van der Waals surface area contributed by atoms with Crippen LogP contribution in [0.5, 0.6) is 0 Å². The largest absolute Gasteiger partial charge is 0.339 e. The zero-order chi connectivity index (χ0) is 19.7. The van der Waals surface area contributed by atoms with Crippen molar-refractivity contribution in [2.45, 2.75) is 6.92 Å². The van der Waals surface area contributed by atoms with Crippen LogP contribution in [-0.4, -0.2) is 37.4 Å². The lowest BCUT2D eigenvalue weighted by molar-refractivity contribution is 0.232. The molecule has 0 unspecified atom stereocenters. The molecule has 1 aromatic carbocycles. The predicted molar refractivity (Wildman–Crippen MR) is 100 cm³/mol. The number of para-hydroxylation sites is 1. The zero-order valence-electron chi connectivity index (χ0n) is 15.3. The number of hydrogen-bond acceptors (Lipinski definition) is 5. The number of halogens is 1. The van der Waals surface area contributed by atoms with Gasteiger partial charge in [0.2, 0.25) is 11.7 Å². The third kappa shape index (κ3) is 3.41. The van der Waals surface area contributed by atoms with Crippen LogP contribution in [0.25, 0.3) is 17.1 Å². The molecule has 0 bridgehead atoms. The van der Waals surface area contributed by atoms with Crippen LogP contribution in [-0.2, 0) is 7.05 Å². The van der Waals surface area contributed by atoms with Crippen molar-refractivity contribution >= 4 is 17.3 Å². The number of carbonyl (C=O) groups is 1. The number of carbonyl (C=O) groups excluding carboxylic acids is 1. The van der Waals surface area contributed by atoms with Crippen LogP contribution in [0.1, 0.15) is 11.6 Å². The SMILES string of the molecule is Cc1nc(-c2cc(C3=CC=CN(C(=O)Nc4ccccc4F)C3)n(C)n2)no1. The van der Waals surface area contributed by atoms with Crippen molar-refractivity contribution in [1.29, 1.82) is 0 Å². The van der Waals surface area contributed by atoms with Crippen molar-refractivity contribution in [2.24, 2.45) is 7.05 Å². The number of allylic oxidation sites excluding steroid dienone is 2. The number of rotatable bonds is 3. The standard InChI is InChI=1S/C19H17FN6O2/c1-12-21-18(24-28-12)16-10-17(25(2)23-16)13-6-5-9-26(11-13)19(27)22-15-8-4-3-7-14(15)20/h3-10H,11H2,1-2H3,(H,22,27). The molecule has 0 saturated heterocycles. The minimum atomic E-state index is -0.487. The van der Waals surface area contributed by atoms with E-state index in [1.54, 1.807) is 43.1 Å². The Labute approximate surface area is 160 Å². The average Bonchev–Trinajstić information content (AvgIpc) is 3.29. The van der Waals surface area contributed by atoms with E-state index in [0.29, 0.717) is 24.0 Å². The molecule has 0 saturated carbocycles. The van der Waals surface area contributed by atoms with Gasteiger partial charge in [-0.1, -0.05) is 23.4 Å². The second kappa shape index (κ2) is 7.10. The molecule has 142 valence electrons. The van der Waals surface area contributed by atoms with E-state index in [2.05, 4.69) is 20.6 Å². The van der Waals surface area contributed by atoms with Crippen LogP contribution in [0.4, 0.5) is 14.9 Å². The maximum Gasteiger partial charge on any atom is 0.326 e. The second-order valence-electron chi connectivity index (χ2n) is 6.25. The summed E-state index contributed by atoms with van der Waals surface area (Å²) in [7, 11) is 1.80. The smallest absolute Gasteiger partial charge is 0.326 e. The summed E-state index contributed by atoms with van der Waals surface area (Å²) in [5, 5.41) is 10.9. The Morgan fingerprint density at radius 1 is 1.32 bits per heavy atom. The Bertz CT molecular complexity index is 1100. The van der Waals surface area contributed by atoms with Gasteiger partial charge in [0.05, 0.1) is 17.9 Å². The molecule has 1 N–H and O–H groups in total. The highest BCUT2D eigenvalue weighted by atomic mass is 19.1. The molecule has 0 spiro atoms.